The van der Waals surface area contributed by atoms with Crippen LogP contribution < -0.4 is 5.30 Å². The number of aryl methyl sites for hydroxylation is 3. The maximum absolute atomic E-state index is 4.73. The average Bonchev–Trinajstić information content (AvgIpc) is 2.64. The second-order valence-corrected chi connectivity index (χ2v) is 8.48. The third-order valence-corrected chi connectivity index (χ3v) is 5.77. The van der Waals surface area contributed by atoms with Gasteiger partial charge in [-0.25, -0.2) is 0 Å². The molecule has 1 radical (unpaired) electrons. The Morgan fingerprint density at radius 1 is 0.696 bits per heavy atom. The minimum atomic E-state index is 0.382. The van der Waals surface area contributed by atoms with Gasteiger partial charge in [0.2, 0.25) is 0 Å². The standard InChI is InChI=1S/C10H15.C9H13P.2ClH.Co/c1-6-7(2)9(4)10(5)8(6)3;1-6-4-7(2)9(10)8(3)5-6;;;/h1-5H3;4-5H,10H2,1-3H3;2*1H;/q;;;;+2/p-1. The van der Waals surface area contributed by atoms with Crippen molar-refractivity contribution in [3.8, 4) is 0 Å². The molecule has 0 N–H and O–H groups in total. The third kappa shape index (κ3) is 6.92. The number of halogens is 2. The van der Waals surface area contributed by atoms with Crippen molar-refractivity contribution < 1.29 is 12.9 Å². The summed E-state index contributed by atoms with van der Waals surface area (Å²) in [5.41, 5.74) is 10.1. The van der Waals surface area contributed by atoms with Gasteiger partial charge in [-0.1, -0.05) is 35.8 Å². The molecule has 132 valence electrons. The van der Waals surface area contributed by atoms with E-state index in [2.05, 4.69) is 67.5 Å². The molecular formula is C19H29Cl2CoP+. The first-order valence-electron chi connectivity index (χ1n) is 7.51. The molecule has 0 aliphatic heterocycles. The van der Waals surface area contributed by atoms with E-state index in [0.29, 0.717) is 12.9 Å². The first-order chi connectivity index (χ1) is 10.6. The first kappa shape index (κ1) is 23.2. The summed E-state index contributed by atoms with van der Waals surface area (Å²) < 4.78 is 0. The van der Waals surface area contributed by atoms with E-state index in [1.807, 2.05) is 9.24 Å². The van der Waals surface area contributed by atoms with E-state index in [4.69, 9.17) is 20.3 Å². The van der Waals surface area contributed by atoms with Gasteiger partial charge in [0.25, 0.3) is 0 Å². The third-order valence-electron chi connectivity index (χ3n) is 4.65. The van der Waals surface area contributed by atoms with Gasteiger partial charge in [-0.3, -0.25) is 0 Å². The van der Waals surface area contributed by atoms with Crippen molar-refractivity contribution in [3.63, 3.8) is 0 Å². The Morgan fingerprint density at radius 3 is 1.22 bits per heavy atom. The fourth-order valence-electron chi connectivity index (χ4n) is 2.62. The monoisotopic (exact) mass is 417 g/mol. The van der Waals surface area contributed by atoms with Crippen molar-refractivity contribution in [1.29, 1.82) is 0 Å². The van der Waals surface area contributed by atoms with Gasteiger partial charge in [0.15, 0.2) is 0 Å². The average molecular weight is 418 g/mol. The molecule has 0 amide bonds. The Bertz CT molecular complexity index is 556. The van der Waals surface area contributed by atoms with Gasteiger partial charge in [-0.05, 0) is 70.7 Å². The SMILES string of the molecule is C[C]1C(C)=C(C)C(C)=C1C.Cc1cc(C)c([PH3+])c(C)c1.[Cl][Co][Cl]. The molecule has 0 saturated heterocycles. The molecule has 0 saturated carbocycles. The molecule has 4 heteroatoms. The van der Waals surface area contributed by atoms with Crippen LogP contribution in [0.3, 0.4) is 0 Å². The van der Waals surface area contributed by atoms with E-state index < -0.39 is 0 Å². The van der Waals surface area contributed by atoms with Gasteiger partial charge in [0.05, 0.1) is 5.30 Å². The molecule has 0 aromatic heterocycles. The fourth-order valence-corrected chi connectivity index (χ4v) is 2.82. The van der Waals surface area contributed by atoms with Crippen LogP contribution in [0.1, 0.15) is 51.3 Å². The van der Waals surface area contributed by atoms with E-state index >= 15 is 0 Å². The summed E-state index contributed by atoms with van der Waals surface area (Å²) in [5.74, 6) is 1.47. The summed E-state index contributed by atoms with van der Waals surface area (Å²) in [6.45, 7) is 17.5. The van der Waals surface area contributed by atoms with Gasteiger partial charge in [0, 0.05) is 15.2 Å². The topological polar surface area (TPSA) is 0 Å². The minimum absolute atomic E-state index is 0.382. The van der Waals surface area contributed by atoms with Gasteiger partial charge in [-0.2, -0.15) is 0 Å². The summed E-state index contributed by atoms with van der Waals surface area (Å²) in [6.07, 6.45) is 0. The Labute approximate surface area is 159 Å². The molecule has 0 fully saturated rings. The second-order valence-electron chi connectivity index (χ2n) is 6.05. The molecule has 2 rings (SSSR count). The number of rotatable bonds is 0. The molecule has 0 spiro atoms. The van der Waals surface area contributed by atoms with E-state index in [9.17, 15) is 0 Å². The zero-order valence-corrected chi connectivity index (χ0v) is 19.4. The van der Waals surface area contributed by atoms with Crippen LogP contribution in [0.15, 0.2) is 34.4 Å². The second kappa shape index (κ2) is 11.0. The molecule has 0 nitrogen and oxygen atoms in total. The van der Waals surface area contributed by atoms with E-state index in [1.165, 1.54) is 50.2 Å². The summed E-state index contributed by atoms with van der Waals surface area (Å²) >= 11 is 0.382. The maximum atomic E-state index is 4.73. The molecule has 1 aromatic carbocycles. The van der Waals surface area contributed by atoms with Crippen LogP contribution in [0, 0.1) is 26.7 Å². The van der Waals surface area contributed by atoms with Crippen LogP contribution >= 0.6 is 29.5 Å². The Balaban J connectivity index is 0.000000360. The van der Waals surface area contributed by atoms with Crippen LogP contribution in [-0.4, -0.2) is 0 Å². The van der Waals surface area contributed by atoms with Crippen LogP contribution in [0.2, 0.25) is 0 Å². The van der Waals surface area contributed by atoms with Crippen molar-refractivity contribution in [2.75, 3.05) is 0 Å². The van der Waals surface area contributed by atoms with Gasteiger partial charge >= 0.3 is 33.2 Å². The van der Waals surface area contributed by atoms with Crippen molar-refractivity contribution in [1.82, 2.24) is 0 Å². The van der Waals surface area contributed by atoms with Crippen LogP contribution in [0.25, 0.3) is 0 Å². The van der Waals surface area contributed by atoms with Crippen molar-refractivity contribution in [2.24, 2.45) is 0 Å². The Morgan fingerprint density at radius 2 is 1.00 bits per heavy atom. The van der Waals surface area contributed by atoms with Crippen molar-refractivity contribution in [2.45, 2.75) is 55.4 Å². The summed E-state index contributed by atoms with van der Waals surface area (Å²) in [6, 6.07) is 4.46. The van der Waals surface area contributed by atoms with E-state index in [-0.39, 0.29) is 0 Å². The summed E-state index contributed by atoms with van der Waals surface area (Å²) in [7, 11) is 11.4. The quantitative estimate of drug-likeness (QED) is 0.423. The molecule has 1 atom stereocenters. The normalized spacial score (nSPS) is 14.7. The number of hydrogen-bond donors (Lipinski definition) is 0. The van der Waals surface area contributed by atoms with E-state index in [1.54, 1.807) is 0 Å². The van der Waals surface area contributed by atoms with Crippen LogP contribution in [-0.2, 0) is 12.9 Å². The zero-order chi connectivity index (χ0) is 18.3. The predicted octanol–water partition coefficient (Wildman–Crippen LogP) is 6.49. The molecule has 23 heavy (non-hydrogen) atoms. The van der Waals surface area contributed by atoms with Crippen LogP contribution in [0.4, 0.5) is 0 Å². The fraction of sp³-hybridized carbons (Fsp3) is 0.421. The predicted molar refractivity (Wildman–Crippen MR) is 109 cm³/mol. The molecule has 1 aromatic rings. The summed E-state index contributed by atoms with van der Waals surface area (Å²) in [5, 5.41) is 1.45. The first-order valence-corrected chi connectivity index (χ1v) is 11.1. The molecule has 0 heterocycles. The van der Waals surface area contributed by atoms with Crippen LogP contribution in [0.5, 0.6) is 0 Å². The van der Waals surface area contributed by atoms with Gasteiger partial charge in [-0.15, -0.1) is 0 Å². The molecule has 1 unspecified atom stereocenters. The molecule has 0 bridgehead atoms. The molecular weight excluding hydrogens is 389 g/mol. The Kier molecular flexibility index (Phi) is 11.1. The molecule has 1 aliphatic carbocycles. The van der Waals surface area contributed by atoms with Crippen molar-refractivity contribution in [3.05, 3.63) is 57.0 Å². The Hall–Kier alpha value is 0.216. The van der Waals surface area contributed by atoms with Crippen molar-refractivity contribution >= 4 is 34.8 Å². The zero-order valence-electron chi connectivity index (χ0n) is 15.5. The number of allylic oxidation sites excluding steroid dienone is 4. The number of benzene rings is 1. The molecule has 1 aliphatic rings. The summed E-state index contributed by atoms with van der Waals surface area (Å²) in [4.78, 5) is 0. The van der Waals surface area contributed by atoms with E-state index in [0.717, 1.165) is 0 Å². The number of hydrogen-bond acceptors (Lipinski definition) is 0. The van der Waals surface area contributed by atoms with Gasteiger partial charge in [0.1, 0.15) is 0 Å². The van der Waals surface area contributed by atoms with Gasteiger partial charge < -0.3 is 0 Å².